The van der Waals surface area contributed by atoms with Crippen molar-refractivity contribution in [1.82, 2.24) is 9.88 Å². The largest absolute Gasteiger partial charge is 0.353 e. The molecule has 1 amide bonds. The molecule has 1 aromatic rings. The predicted octanol–water partition coefficient (Wildman–Crippen LogP) is 0.761. The zero-order chi connectivity index (χ0) is 14.8. The fourth-order valence-electron chi connectivity index (χ4n) is 2.21. The molecule has 6 nitrogen and oxygen atoms in total. The highest BCUT2D eigenvalue weighted by atomic mass is 35.5. The number of nitrogens with two attached hydrogens (primary N) is 1. The number of pyridine rings is 1. The number of carbonyl (C=O) groups excluding carboxylic acids is 1. The maximum atomic E-state index is 12.1. The van der Waals surface area contributed by atoms with Gasteiger partial charge in [0.2, 0.25) is 5.91 Å². The lowest BCUT2D eigenvalue weighted by atomic mass is 10.0. The van der Waals surface area contributed by atoms with E-state index >= 15 is 0 Å². The maximum absolute atomic E-state index is 12.1. The van der Waals surface area contributed by atoms with Crippen molar-refractivity contribution in [3.05, 3.63) is 23.9 Å². The molecule has 2 rings (SSSR count). The number of carbonyl (C=O) groups is 1. The third kappa shape index (κ3) is 4.06. The molecule has 1 saturated heterocycles. The van der Waals surface area contributed by atoms with Crippen LogP contribution in [-0.2, 0) is 4.79 Å². The number of nitriles is 1. The van der Waals surface area contributed by atoms with Gasteiger partial charge in [-0.15, -0.1) is 12.4 Å². The summed E-state index contributed by atoms with van der Waals surface area (Å²) in [7, 11) is 0. The SMILES string of the molecule is CC(C)(N)C(=O)N1CCN(c2cc(C#N)ccn2)CC1.Cl. The van der Waals surface area contributed by atoms with Gasteiger partial charge in [-0.25, -0.2) is 4.98 Å². The molecule has 21 heavy (non-hydrogen) atoms. The third-order valence-corrected chi connectivity index (χ3v) is 3.32. The summed E-state index contributed by atoms with van der Waals surface area (Å²) in [6.45, 7) is 6.09. The quantitative estimate of drug-likeness (QED) is 0.871. The van der Waals surface area contributed by atoms with Gasteiger partial charge in [-0.2, -0.15) is 5.26 Å². The van der Waals surface area contributed by atoms with Crippen molar-refractivity contribution in [3.8, 4) is 6.07 Å². The fraction of sp³-hybridized carbons (Fsp3) is 0.500. The average Bonchev–Trinajstić information content (AvgIpc) is 2.46. The molecule has 1 aliphatic heterocycles. The number of aromatic nitrogens is 1. The highest BCUT2D eigenvalue weighted by Gasteiger charge is 2.30. The van der Waals surface area contributed by atoms with Gasteiger partial charge in [0.15, 0.2) is 0 Å². The van der Waals surface area contributed by atoms with Gasteiger partial charge in [0, 0.05) is 32.4 Å². The number of piperazine rings is 1. The number of amides is 1. The van der Waals surface area contributed by atoms with Gasteiger partial charge in [-0.3, -0.25) is 4.79 Å². The number of anilines is 1. The van der Waals surface area contributed by atoms with E-state index in [1.807, 2.05) is 0 Å². The Morgan fingerprint density at radius 1 is 1.38 bits per heavy atom. The van der Waals surface area contributed by atoms with Gasteiger partial charge < -0.3 is 15.5 Å². The molecule has 0 unspecified atom stereocenters. The van der Waals surface area contributed by atoms with Crippen LogP contribution in [0, 0.1) is 11.3 Å². The third-order valence-electron chi connectivity index (χ3n) is 3.32. The number of hydrogen-bond acceptors (Lipinski definition) is 5. The van der Waals surface area contributed by atoms with E-state index < -0.39 is 5.54 Å². The van der Waals surface area contributed by atoms with E-state index in [2.05, 4.69) is 16.0 Å². The Labute approximate surface area is 130 Å². The summed E-state index contributed by atoms with van der Waals surface area (Å²) in [5, 5.41) is 8.90. The van der Waals surface area contributed by atoms with Crippen LogP contribution >= 0.6 is 12.4 Å². The molecule has 0 aliphatic carbocycles. The summed E-state index contributed by atoms with van der Waals surface area (Å²) in [6, 6.07) is 5.55. The molecule has 7 heteroatoms. The van der Waals surface area contributed by atoms with Crippen molar-refractivity contribution < 1.29 is 4.79 Å². The average molecular weight is 310 g/mol. The van der Waals surface area contributed by atoms with Crippen molar-refractivity contribution in [2.24, 2.45) is 5.73 Å². The monoisotopic (exact) mass is 309 g/mol. The van der Waals surface area contributed by atoms with Crippen molar-refractivity contribution in [3.63, 3.8) is 0 Å². The first kappa shape index (κ1) is 17.2. The van der Waals surface area contributed by atoms with Crippen LogP contribution in [0.3, 0.4) is 0 Å². The lowest BCUT2D eigenvalue weighted by Crippen LogP contribution is -2.57. The molecule has 0 aromatic carbocycles. The van der Waals surface area contributed by atoms with E-state index in [0.29, 0.717) is 31.7 Å². The van der Waals surface area contributed by atoms with Gasteiger partial charge in [0.05, 0.1) is 17.2 Å². The summed E-state index contributed by atoms with van der Waals surface area (Å²) in [5.41, 5.74) is 5.60. The number of hydrogen-bond donors (Lipinski definition) is 1. The van der Waals surface area contributed by atoms with Crippen LogP contribution in [-0.4, -0.2) is 47.5 Å². The van der Waals surface area contributed by atoms with Gasteiger partial charge in [0.25, 0.3) is 0 Å². The van der Waals surface area contributed by atoms with Crippen molar-refractivity contribution >= 4 is 24.1 Å². The van der Waals surface area contributed by atoms with Crippen LogP contribution in [0.15, 0.2) is 18.3 Å². The normalized spacial score (nSPS) is 15.1. The van der Waals surface area contributed by atoms with E-state index in [9.17, 15) is 4.79 Å². The second-order valence-electron chi connectivity index (χ2n) is 5.52. The zero-order valence-electron chi connectivity index (χ0n) is 12.2. The highest BCUT2D eigenvalue weighted by molar-refractivity contribution is 5.85. The van der Waals surface area contributed by atoms with Crippen molar-refractivity contribution in [1.29, 1.82) is 5.26 Å². The molecular formula is C14H20ClN5O. The van der Waals surface area contributed by atoms with Gasteiger partial charge in [-0.1, -0.05) is 0 Å². The van der Waals surface area contributed by atoms with Crippen LogP contribution in [0.4, 0.5) is 5.82 Å². The van der Waals surface area contributed by atoms with E-state index in [4.69, 9.17) is 11.0 Å². The van der Waals surface area contributed by atoms with Gasteiger partial charge in [-0.05, 0) is 26.0 Å². The Morgan fingerprint density at radius 3 is 2.52 bits per heavy atom. The van der Waals surface area contributed by atoms with Crippen LogP contribution in [0.25, 0.3) is 0 Å². The lowest BCUT2D eigenvalue weighted by Gasteiger charge is -2.38. The minimum atomic E-state index is -0.832. The molecule has 0 atom stereocenters. The summed E-state index contributed by atoms with van der Waals surface area (Å²) >= 11 is 0. The fourth-order valence-corrected chi connectivity index (χ4v) is 2.21. The summed E-state index contributed by atoms with van der Waals surface area (Å²) < 4.78 is 0. The number of rotatable bonds is 2. The molecule has 0 radical (unpaired) electrons. The van der Waals surface area contributed by atoms with E-state index in [1.165, 1.54) is 0 Å². The summed E-state index contributed by atoms with van der Waals surface area (Å²) in [5.74, 6) is 0.749. The topological polar surface area (TPSA) is 86.3 Å². The molecule has 0 spiro atoms. The van der Waals surface area contributed by atoms with Crippen molar-refractivity contribution in [2.45, 2.75) is 19.4 Å². The Kier molecular flexibility index (Phi) is 5.53. The molecule has 0 bridgehead atoms. The minimum absolute atomic E-state index is 0. The number of nitrogens with zero attached hydrogens (tertiary/aromatic N) is 4. The standard InChI is InChI=1S/C14H19N5O.ClH/c1-14(2,16)13(20)19-7-5-18(6-8-19)12-9-11(10-15)3-4-17-12;/h3-4,9H,5-8,16H2,1-2H3;1H. The zero-order valence-corrected chi connectivity index (χ0v) is 13.1. The summed E-state index contributed by atoms with van der Waals surface area (Å²) in [4.78, 5) is 20.2. The molecule has 114 valence electrons. The highest BCUT2D eigenvalue weighted by Crippen LogP contribution is 2.16. The van der Waals surface area contributed by atoms with Gasteiger partial charge in [0.1, 0.15) is 5.82 Å². The Balaban J connectivity index is 0.00000220. The van der Waals surface area contributed by atoms with Crippen LogP contribution in [0.1, 0.15) is 19.4 Å². The smallest absolute Gasteiger partial charge is 0.242 e. The van der Waals surface area contributed by atoms with E-state index in [1.54, 1.807) is 37.1 Å². The molecule has 1 fully saturated rings. The van der Waals surface area contributed by atoms with Gasteiger partial charge >= 0.3 is 0 Å². The first-order chi connectivity index (χ1) is 9.41. The number of halogens is 1. The second kappa shape index (κ2) is 6.74. The van der Waals surface area contributed by atoms with E-state index in [-0.39, 0.29) is 18.3 Å². The Morgan fingerprint density at radius 2 is 2.00 bits per heavy atom. The second-order valence-corrected chi connectivity index (χ2v) is 5.52. The van der Waals surface area contributed by atoms with Crippen LogP contribution in [0.5, 0.6) is 0 Å². The first-order valence-electron chi connectivity index (χ1n) is 6.61. The minimum Gasteiger partial charge on any atom is -0.353 e. The molecule has 2 N–H and O–H groups in total. The predicted molar refractivity (Wildman–Crippen MR) is 83.3 cm³/mol. The Bertz CT molecular complexity index is 541. The molecule has 1 aliphatic rings. The Hall–Kier alpha value is -1.84. The molecule has 0 saturated carbocycles. The summed E-state index contributed by atoms with van der Waals surface area (Å²) in [6.07, 6.45) is 1.63. The van der Waals surface area contributed by atoms with Crippen LogP contribution < -0.4 is 10.6 Å². The van der Waals surface area contributed by atoms with Crippen LogP contribution in [0.2, 0.25) is 0 Å². The van der Waals surface area contributed by atoms with Crippen molar-refractivity contribution in [2.75, 3.05) is 31.1 Å². The molecule has 1 aromatic heterocycles. The molecular weight excluding hydrogens is 290 g/mol. The first-order valence-corrected chi connectivity index (χ1v) is 6.61. The van der Waals surface area contributed by atoms with E-state index in [0.717, 1.165) is 5.82 Å². The molecule has 2 heterocycles. The maximum Gasteiger partial charge on any atom is 0.242 e. The lowest BCUT2D eigenvalue weighted by molar-refractivity contribution is -0.136.